The fourth-order valence-corrected chi connectivity index (χ4v) is 6.21. The van der Waals surface area contributed by atoms with Gasteiger partial charge in [0.1, 0.15) is 6.61 Å². The summed E-state index contributed by atoms with van der Waals surface area (Å²) in [6, 6.07) is 12.0. The average molecular weight is 610 g/mol. The van der Waals surface area contributed by atoms with E-state index in [1.54, 1.807) is 18.0 Å². The van der Waals surface area contributed by atoms with Crippen molar-refractivity contribution in [3.8, 4) is 17.1 Å². The van der Waals surface area contributed by atoms with Crippen molar-refractivity contribution in [2.75, 3.05) is 24.9 Å². The van der Waals surface area contributed by atoms with Gasteiger partial charge < -0.3 is 14.7 Å². The van der Waals surface area contributed by atoms with Gasteiger partial charge in [0.15, 0.2) is 0 Å². The summed E-state index contributed by atoms with van der Waals surface area (Å²) in [7, 11) is -2.45. The minimum atomic E-state index is -4.24. The minimum Gasteiger partial charge on any atom is -0.478 e. The molecule has 1 fully saturated rings. The molecule has 0 bridgehead atoms. The summed E-state index contributed by atoms with van der Waals surface area (Å²) in [6.45, 7) is 11.1. The van der Waals surface area contributed by atoms with Crippen molar-refractivity contribution < 1.29 is 27.9 Å². The number of carboxylic acids is 1. The third-order valence-corrected chi connectivity index (χ3v) is 8.54. The van der Waals surface area contributed by atoms with E-state index >= 15 is 0 Å². The highest BCUT2D eigenvalue weighted by Gasteiger charge is 2.32. The molecule has 3 aromatic rings. The molecule has 2 unspecified atom stereocenters. The van der Waals surface area contributed by atoms with Crippen molar-refractivity contribution in [2.45, 2.75) is 64.4 Å². The van der Waals surface area contributed by atoms with Gasteiger partial charge in [-0.25, -0.2) is 22.9 Å². The molecule has 1 saturated heterocycles. The van der Waals surface area contributed by atoms with Crippen molar-refractivity contribution in [1.29, 1.82) is 0 Å². The number of benzene rings is 2. The van der Waals surface area contributed by atoms with Gasteiger partial charge in [0.05, 0.1) is 22.2 Å². The van der Waals surface area contributed by atoms with Crippen LogP contribution in [-0.4, -0.2) is 72.6 Å². The van der Waals surface area contributed by atoms with Crippen LogP contribution in [0.4, 0.5) is 5.95 Å². The van der Waals surface area contributed by atoms with Crippen LogP contribution in [0.25, 0.3) is 11.3 Å². The number of amides is 1. The molecule has 1 aliphatic heterocycles. The number of hydrogen-bond acceptors (Lipinski definition) is 8. The lowest BCUT2D eigenvalue weighted by atomic mass is 9.88. The second kappa shape index (κ2) is 12.7. The monoisotopic (exact) mass is 609 g/mol. The van der Waals surface area contributed by atoms with E-state index in [2.05, 4.69) is 40.8 Å². The molecule has 2 atom stereocenters. The number of nitrogens with zero attached hydrogens (tertiary/aromatic N) is 3. The lowest BCUT2D eigenvalue weighted by molar-refractivity contribution is -0.128. The van der Waals surface area contributed by atoms with Gasteiger partial charge in [-0.1, -0.05) is 45.0 Å². The van der Waals surface area contributed by atoms with Gasteiger partial charge in [-0.05, 0) is 61.4 Å². The van der Waals surface area contributed by atoms with E-state index in [1.165, 1.54) is 18.2 Å². The number of nitrogens with one attached hydrogen (secondary N) is 2. The second-order valence-electron chi connectivity index (χ2n) is 12.2. The Balaban J connectivity index is 1.68. The molecule has 0 radical (unpaired) electrons. The van der Waals surface area contributed by atoms with Crippen LogP contribution in [0.1, 0.15) is 55.1 Å². The van der Waals surface area contributed by atoms with Gasteiger partial charge >= 0.3 is 5.97 Å². The van der Waals surface area contributed by atoms with Crippen LogP contribution >= 0.6 is 0 Å². The molecule has 43 heavy (non-hydrogen) atoms. The van der Waals surface area contributed by atoms with E-state index in [0.717, 1.165) is 29.2 Å². The van der Waals surface area contributed by atoms with Crippen molar-refractivity contribution >= 4 is 27.8 Å². The molecule has 0 saturated carbocycles. The summed E-state index contributed by atoms with van der Waals surface area (Å²) in [5.41, 5.74) is 2.92. The van der Waals surface area contributed by atoms with E-state index in [0.29, 0.717) is 18.7 Å². The molecule has 2 heterocycles. The predicted molar refractivity (Wildman–Crippen MR) is 164 cm³/mol. The molecular formula is C31H39N5O6S. The first-order valence-electron chi connectivity index (χ1n) is 14.1. The molecular weight excluding hydrogens is 570 g/mol. The van der Waals surface area contributed by atoms with Gasteiger partial charge in [-0.2, -0.15) is 4.98 Å². The fraction of sp³-hybridized carbons (Fsp3) is 0.419. The summed E-state index contributed by atoms with van der Waals surface area (Å²) in [4.78, 5) is 34.4. The van der Waals surface area contributed by atoms with Crippen LogP contribution in [0.15, 0.2) is 53.4 Å². The van der Waals surface area contributed by atoms with Crippen LogP contribution in [0, 0.1) is 19.3 Å². The summed E-state index contributed by atoms with van der Waals surface area (Å²) < 4.78 is 35.1. The molecule has 1 amide bonds. The van der Waals surface area contributed by atoms with Crippen molar-refractivity contribution in [2.24, 2.45) is 5.41 Å². The molecule has 0 spiro atoms. The lowest BCUT2D eigenvalue weighted by Crippen LogP contribution is -2.47. The SMILES string of the molecule is Cc1cccc(C)c1-c1cc(OCC(CC(C)(C)C)NC2CCN(C)C2=O)nc(NS(=O)(=O)c2cccc(C(=O)O)c2)n1. The number of aromatic carboxylic acids is 1. The normalized spacial score (nSPS) is 16.3. The Morgan fingerprint density at radius 2 is 1.79 bits per heavy atom. The first-order valence-corrected chi connectivity index (χ1v) is 15.6. The van der Waals surface area contributed by atoms with Gasteiger partial charge in [0, 0.05) is 31.3 Å². The van der Waals surface area contributed by atoms with Gasteiger partial charge in [0.25, 0.3) is 10.0 Å². The molecule has 0 aliphatic carbocycles. The predicted octanol–water partition coefficient (Wildman–Crippen LogP) is 4.26. The summed E-state index contributed by atoms with van der Waals surface area (Å²) in [5.74, 6) is -1.27. The molecule has 4 rings (SSSR count). The summed E-state index contributed by atoms with van der Waals surface area (Å²) in [6.07, 6.45) is 1.42. The number of anilines is 1. The molecule has 11 nitrogen and oxygen atoms in total. The maximum Gasteiger partial charge on any atom is 0.335 e. The van der Waals surface area contributed by atoms with E-state index in [-0.39, 0.29) is 52.3 Å². The Labute approximate surface area is 252 Å². The van der Waals surface area contributed by atoms with Crippen molar-refractivity contribution in [3.05, 3.63) is 65.2 Å². The maximum absolute atomic E-state index is 13.3. The zero-order valence-corrected chi connectivity index (χ0v) is 26.2. The Morgan fingerprint density at radius 1 is 1.12 bits per heavy atom. The first-order chi connectivity index (χ1) is 20.1. The van der Waals surface area contributed by atoms with Crippen LogP contribution in [0.3, 0.4) is 0 Å². The van der Waals surface area contributed by atoms with Crippen LogP contribution in [0.2, 0.25) is 0 Å². The molecule has 1 aliphatic rings. The Bertz CT molecular complexity index is 1600. The number of carbonyl (C=O) groups is 2. The highest BCUT2D eigenvalue weighted by Crippen LogP contribution is 2.30. The minimum absolute atomic E-state index is 0.0434. The van der Waals surface area contributed by atoms with Gasteiger partial charge in [-0.15, -0.1) is 0 Å². The standard InChI is InChI=1S/C31H39N5O6S/c1-19-9-7-10-20(2)27(19)25-16-26(42-18-22(17-31(3,4)5)32-24-13-14-36(6)28(24)37)34-30(33-25)35-43(40,41)23-12-8-11-21(15-23)29(38)39/h7-12,15-16,22,24,32H,13-14,17-18H2,1-6H3,(H,38,39)(H,33,34,35). The average Bonchev–Trinajstić information content (AvgIpc) is 3.22. The largest absolute Gasteiger partial charge is 0.478 e. The van der Waals surface area contributed by atoms with Crippen molar-refractivity contribution in [1.82, 2.24) is 20.2 Å². The third-order valence-electron chi connectivity index (χ3n) is 7.21. The maximum atomic E-state index is 13.3. The van der Waals surface area contributed by atoms with Crippen molar-refractivity contribution in [3.63, 3.8) is 0 Å². The number of hydrogen-bond donors (Lipinski definition) is 3. The number of likely N-dealkylation sites (N-methyl/N-ethyl adjacent to an activating group) is 1. The highest BCUT2D eigenvalue weighted by atomic mass is 32.2. The molecule has 3 N–H and O–H groups in total. The third kappa shape index (κ3) is 8.08. The van der Waals surface area contributed by atoms with Crippen LogP contribution < -0.4 is 14.8 Å². The zero-order valence-electron chi connectivity index (χ0n) is 25.3. The topological polar surface area (TPSA) is 151 Å². The number of sulfonamides is 1. The molecule has 1 aromatic heterocycles. The quantitative estimate of drug-likeness (QED) is 0.290. The van der Waals surface area contributed by atoms with Crippen LogP contribution in [0.5, 0.6) is 5.88 Å². The number of aryl methyl sites for hydroxylation is 2. The van der Waals surface area contributed by atoms with Crippen LogP contribution in [-0.2, 0) is 14.8 Å². The van der Waals surface area contributed by atoms with E-state index in [4.69, 9.17) is 4.74 Å². The Hall–Kier alpha value is -4.03. The van der Waals surface area contributed by atoms with E-state index < -0.39 is 16.0 Å². The number of carboxylic acid groups (broad SMARTS) is 1. The Kier molecular flexibility index (Phi) is 9.41. The number of rotatable bonds is 11. The molecule has 2 aromatic carbocycles. The molecule has 12 heteroatoms. The number of ether oxygens (including phenoxy) is 1. The second-order valence-corrected chi connectivity index (χ2v) is 13.8. The fourth-order valence-electron chi connectivity index (χ4n) is 5.22. The highest BCUT2D eigenvalue weighted by molar-refractivity contribution is 7.92. The van der Waals surface area contributed by atoms with E-state index in [9.17, 15) is 23.1 Å². The lowest BCUT2D eigenvalue weighted by Gasteiger charge is -2.28. The smallest absolute Gasteiger partial charge is 0.335 e. The first kappa shape index (κ1) is 31.9. The number of aromatic nitrogens is 2. The molecule has 230 valence electrons. The summed E-state index contributed by atoms with van der Waals surface area (Å²) in [5, 5.41) is 12.8. The van der Waals surface area contributed by atoms with Gasteiger partial charge in [-0.3, -0.25) is 10.1 Å². The van der Waals surface area contributed by atoms with Gasteiger partial charge in [0.2, 0.25) is 17.7 Å². The summed E-state index contributed by atoms with van der Waals surface area (Å²) >= 11 is 0. The number of carbonyl (C=O) groups excluding carboxylic acids is 1. The Morgan fingerprint density at radius 3 is 2.40 bits per heavy atom. The number of likely N-dealkylation sites (tertiary alicyclic amines) is 1. The zero-order chi connectivity index (χ0) is 31.5. The van der Waals surface area contributed by atoms with E-state index in [1.807, 2.05) is 32.0 Å².